The van der Waals surface area contributed by atoms with E-state index >= 15 is 0 Å². The molecule has 0 aromatic heterocycles. The average Bonchev–Trinajstić information content (AvgIpc) is 2.43. The molecule has 20 heavy (non-hydrogen) atoms. The number of nitrogens with one attached hydrogen (secondary N) is 1. The van der Waals surface area contributed by atoms with Gasteiger partial charge < -0.3 is 15.8 Å². The van der Waals surface area contributed by atoms with Gasteiger partial charge in [0.25, 0.3) is 5.91 Å². The van der Waals surface area contributed by atoms with E-state index in [2.05, 4.69) is 5.32 Å². The van der Waals surface area contributed by atoms with E-state index in [9.17, 15) is 4.79 Å². The summed E-state index contributed by atoms with van der Waals surface area (Å²) < 4.78 is 5.18. The number of ether oxygens (including phenoxy) is 1. The number of carbonyl (C=O) groups is 1. The van der Waals surface area contributed by atoms with E-state index in [0.29, 0.717) is 27.7 Å². The molecule has 0 saturated carbocycles. The van der Waals surface area contributed by atoms with Gasteiger partial charge in [0.15, 0.2) is 5.75 Å². The van der Waals surface area contributed by atoms with Gasteiger partial charge in [0, 0.05) is 10.7 Å². The topological polar surface area (TPSA) is 64.3 Å². The minimum Gasteiger partial charge on any atom is -0.494 e. The number of para-hydroxylation sites is 1. The second-order valence-electron chi connectivity index (χ2n) is 4.29. The number of anilines is 2. The second kappa shape index (κ2) is 5.84. The van der Waals surface area contributed by atoms with Gasteiger partial charge in [-0.25, -0.2) is 0 Å². The van der Waals surface area contributed by atoms with Crippen LogP contribution in [0.25, 0.3) is 0 Å². The molecule has 0 aliphatic rings. The maximum Gasteiger partial charge on any atom is 0.259 e. The molecular weight excluding hydrogens is 276 g/mol. The number of methoxy groups -OCH3 is 1. The van der Waals surface area contributed by atoms with E-state index < -0.39 is 0 Å². The largest absolute Gasteiger partial charge is 0.494 e. The first-order valence-electron chi connectivity index (χ1n) is 6.03. The first kappa shape index (κ1) is 14.2. The van der Waals surface area contributed by atoms with Crippen molar-refractivity contribution in [3.8, 4) is 5.75 Å². The molecule has 3 N–H and O–H groups in total. The van der Waals surface area contributed by atoms with Crippen LogP contribution in [0.3, 0.4) is 0 Å². The van der Waals surface area contributed by atoms with Crippen LogP contribution in [-0.2, 0) is 0 Å². The Morgan fingerprint density at radius 2 is 1.95 bits per heavy atom. The number of nitrogen functional groups attached to an aromatic ring is 1. The number of amides is 1. The Kier molecular flexibility index (Phi) is 4.15. The summed E-state index contributed by atoms with van der Waals surface area (Å²) in [5, 5.41) is 3.41. The fraction of sp³-hybridized carbons (Fsp3) is 0.133. The molecule has 2 aromatic carbocycles. The number of rotatable bonds is 3. The molecule has 2 aromatic rings. The highest BCUT2D eigenvalue weighted by molar-refractivity contribution is 6.31. The summed E-state index contributed by atoms with van der Waals surface area (Å²) >= 11 is 6.03. The lowest BCUT2D eigenvalue weighted by Crippen LogP contribution is -2.14. The van der Waals surface area contributed by atoms with Crippen molar-refractivity contribution in [2.45, 2.75) is 6.92 Å². The third-order valence-electron chi connectivity index (χ3n) is 3.01. The number of carbonyl (C=O) groups excluding carboxylic acids is 1. The quantitative estimate of drug-likeness (QED) is 0.851. The SMILES string of the molecule is COc1c(N)cccc1C(=O)Nc1cccc(Cl)c1C. The van der Waals surface area contributed by atoms with Crippen LogP contribution in [0.4, 0.5) is 11.4 Å². The summed E-state index contributed by atoms with van der Waals surface area (Å²) in [6, 6.07) is 10.4. The van der Waals surface area contributed by atoms with Crippen LogP contribution in [0, 0.1) is 6.92 Å². The lowest BCUT2D eigenvalue weighted by Gasteiger charge is -2.13. The number of hydrogen-bond acceptors (Lipinski definition) is 3. The summed E-state index contributed by atoms with van der Waals surface area (Å²) in [4.78, 5) is 12.3. The molecule has 0 unspecified atom stereocenters. The van der Waals surface area contributed by atoms with Gasteiger partial charge in [0.05, 0.1) is 18.4 Å². The van der Waals surface area contributed by atoms with Crippen molar-refractivity contribution in [1.29, 1.82) is 0 Å². The second-order valence-corrected chi connectivity index (χ2v) is 4.70. The smallest absolute Gasteiger partial charge is 0.259 e. The molecule has 0 atom stereocenters. The molecule has 0 aliphatic carbocycles. The van der Waals surface area contributed by atoms with Crippen molar-refractivity contribution in [3.05, 3.63) is 52.5 Å². The number of benzene rings is 2. The molecule has 0 heterocycles. The number of halogens is 1. The maximum absolute atomic E-state index is 12.3. The predicted octanol–water partition coefficient (Wildman–Crippen LogP) is 3.49. The van der Waals surface area contributed by atoms with Gasteiger partial charge in [-0.3, -0.25) is 4.79 Å². The molecule has 2 rings (SSSR count). The van der Waals surface area contributed by atoms with Crippen molar-refractivity contribution in [1.82, 2.24) is 0 Å². The van der Waals surface area contributed by atoms with E-state index in [1.165, 1.54) is 7.11 Å². The lowest BCUT2D eigenvalue weighted by atomic mass is 10.1. The Hall–Kier alpha value is -2.20. The van der Waals surface area contributed by atoms with Gasteiger partial charge in [-0.05, 0) is 36.8 Å². The van der Waals surface area contributed by atoms with Crippen LogP contribution < -0.4 is 15.8 Å². The van der Waals surface area contributed by atoms with Gasteiger partial charge in [-0.15, -0.1) is 0 Å². The predicted molar refractivity (Wildman–Crippen MR) is 81.5 cm³/mol. The summed E-state index contributed by atoms with van der Waals surface area (Å²) in [5.74, 6) is 0.0733. The van der Waals surface area contributed by atoms with Crippen molar-refractivity contribution in [3.63, 3.8) is 0 Å². The Labute approximate surface area is 122 Å². The fourth-order valence-corrected chi connectivity index (χ4v) is 2.07. The van der Waals surface area contributed by atoms with E-state index in [0.717, 1.165) is 5.56 Å². The summed E-state index contributed by atoms with van der Waals surface area (Å²) in [7, 11) is 1.48. The normalized spacial score (nSPS) is 10.2. The molecule has 0 fully saturated rings. The van der Waals surface area contributed by atoms with Gasteiger partial charge >= 0.3 is 0 Å². The van der Waals surface area contributed by atoms with E-state index in [1.54, 1.807) is 36.4 Å². The van der Waals surface area contributed by atoms with E-state index in [-0.39, 0.29) is 5.91 Å². The molecule has 0 saturated heterocycles. The number of hydrogen-bond donors (Lipinski definition) is 2. The monoisotopic (exact) mass is 290 g/mol. The van der Waals surface area contributed by atoms with Gasteiger partial charge in [-0.2, -0.15) is 0 Å². The lowest BCUT2D eigenvalue weighted by molar-refractivity contribution is 0.102. The summed E-state index contributed by atoms with van der Waals surface area (Å²) in [5.41, 5.74) is 8.06. The third-order valence-corrected chi connectivity index (χ3v) is 3.42. The van der Waals surface area contributed by atoms with Gasteiger partial charge in [0.1, 0.15) is 0 Å². The minimum absolute atomic E-state index is 0.292. The zero-order chi connectivity index (χ0) is 14.7. The minimum atomic E-state index is -0.292. The van der Waals surface area contributed by atoms with Crippen molar-refractivity contribution >= 4 is 28.9 Å². The molecule has 1 amide bonds. The summed E-state index contributed by atoms with van der Waals surface area (Å²) in [6.45, 7) is 1.84. The number of nitrogens with two attached hydrogens (primary N) is 1. The van der Waals surface area contributed by atoms with Crippen molar-refractivity contribution in [2.75, 3.05) is 18.2 Å². The molecule has 5 heteroatoms. The zero-order valence-corrected chi connectivity index (χ0v) is 12.0. The Morgan fingerprint density at radius 1 is 1.25 bits per heavy atom. The van der Waals surface area contributed by atoms with Gasteiger partial charge in [-0.1, -0.05) is 23.7 Å². The van der Waals surface area contributed by atoms with Crippen LogP contribution in [0.1, 0.15) is 15.9 Å². The fourth-order valence-electron chi connectivity index (χ4n) is 1.89. The molecule has 104 valence electrons. The molecule has 0 spiro atoms. The summed E-state index contributed by atoms with van der Waals surface area (Å²) in [6.07, 6.45) is 0. The molecular formula is C15H15ClN2O2. The molecule has 0 aliphatic heterocycles. The first-order valence-corrected chi connectivity index (χ1v) is 6.41. The third kappa shape index (κ3) is 2.70. The van der Waals surface area contributed by atoms with Crippen LogP contribution in [0.15, 0.2) is 36.4 Å². The standard InChI is InChI=1S/C15H15ClN2O2/c1-9-11(16)6-4-8-13(9)18-15(19)10-5-3-7-12(17)14(10)20-2/h3-8H,17H2,1-2H3,(H,18,19). The van der Waals surface area contributed by atoms with Crippen LogP contribution in [0.5, 0.6) is 5.75 Å². The molecule has 0 bridgehead atoms. The van der Waals surface area contributed by atoms with E-state index in [1.807, 2.05) is 6.92 Å². The molecule has 0 radical (unpaired) electrons. The highest BCUT2D eigenvalue weighted by Crippen LogP contribution is 2.28. The van der Waals surface area contributed by atoms with Gasteiger partial charge in [0.2, 0.25) is 0 Å². The van der Waals surface area contributed by atoms with Crippen molar-refractivity contribution in [2.24, 2.45) is 0 Å². The Balaban J connectivity index is 2.34. The molecule has 4 nitrogen and oxygen atoms in total. The first-order chi connectivity index (χ1) is 9.54. The maximum atomic E-state index is 12.3. The van der Waals surface area contributed by atoms with E-state index in [4.69, 9.17) is 22.1 Å². The van der Waals surface area contributed by atoms with Crippen LogP contribution in [-0.4, -0.2) is 13.0 Å². The zero-order valence-electron chi connectivity index (χ0n) is 11.2. The Bertz CT molecular complexity index is 656. The van der Waals surface area contributed by atoms with Crippen LogP contribution in [0.2, 0.25) is 5.02 Å². The Morgan fingerprint density at radius 3 is 2.65 bits per heavy atom. The highest BCUT2D eigenvalue weighted by atomic mass is 35.5. The average molecular weight is 291 g/mol. The van der Waals surface area contributed by atoms with Crippen molar-refractivity contribution < 1.29 is 9.53 Å². The van der Waals surface area contributed by atoms with Crippen LogP contribution >= 0.6 is 11.6 Å². The highest BCUT2D eigenvalue weighted by Gasteiger charge is 2.15.